The van der Waals surface area contributed by atoms with Crippen molar-refractivity contribution in [2.24, 2.45) is 0 Å². The number of hydrogen-bond donors (Lipinski definition) is 1. The van der Waals surface area contributed by atoms with Crippen molar-refractivity contribution in [1.82, 2.24) is 15.2 Å². The number of hydrogen-bond acceptors (Lipinski definition) is 4. The second kappa shape index (κ2) is 9.55. The maximum atomic E-state index is 12.8. The minimum Gasteiger partial charge on any atom is -0.352 e. The molecular weight excluding hydrogens is 433 g/mol. The minimum atomic E-state index is -4.51. The largest absolute Gasteiger partial charge is 0.417 e. The van der Waals surface area contributed by atoms with E-state index in [-0.39, 0.29) is 35.1 Å². The highest BCUT2D eigenvalue weighted by molar-refractivity contribution is 6.33. The fraction of sp³-hybridized carbons (Fsp3) is 0.381. The number of aromatic nitrogens is 1. The Labute approximate surface area is 183 Å². The zero-order chi connectivity index (χ0) is 22.6. The summed E-state index contributed by atoms with van der Waals surface area (Å²) in [5.74, 6) is -0.0778. The van der Waals surface area contributed by atoms with Crippen molar-refractivity contribution in [3.8, 4) is 0 Å². The van der Waals surface area contributed by atoms with E-state index in [1.54, 1.807) is 41.0 Å². The van der Waals surface area contributed by atoms with Gasteiger partial charge in [-0.15, -0.1) is 0 Å². The molecule has 0 aliphatic carbocycles. The average molecular weight is 455 g/mol. The highest BCUT2D eigenvalue weighted by Crippen LogP contribution is 2.33. The molecule has 0 radical (unpaired) electrons. The number of carbonyl (C=O) groups is 2. The first kappa shape index (κ1) is 22.9. The van der Waals surface area contributed by atoms with Crippen LogP contribution in [0.5, 0.6) is 0 Å². The normalized spacial score (nSPS) is 15.5. The smallest absolute Gasteiger partial charge is 0.352 e. The number of rotatable bonds is 5. The Hall–Kier alpha value is -2.81. The molecule has 0 spiro atoms. The van der Waals surface area contributed by atoms with E-state index in [1.807, 2.05) is 6.07 Å². The fourth-order valence-corrected chi connectivity index (χ4v) is 3.61. The number of halogens is 4. The van der Waals surface area contributed by atoms with Crippen LogP contribution in [0.2, 0.25) is 5.02 Å². The van der Waals surface area contributed by atoms with Crippen LogP contribution in [0.4, 0.5) is 19.0 Å². The number of pyridine rings is 1. The van der Waals surface area contributed by atoms with Gasteiger partial charge in [0, 0.05) is 50.4 Å². The van der Waals surface area contributed by atoms with Gasteiger partial charge in [-0.3, -0.25) is 9.59 Å². The lowest BCUT2D eigenvalue weighted by atomic mass is 10.1. The van der Waals surface area contributed by atoms with Crippen LogP contribution < -0.4 is 10.2 Å². The number of alkyl halides is 3. The van der Waals surface area contributed by atoms with Gasteiger partial charge < -0.3 is 15.1 Å². The zero-order valence-electron chi connectivity index (χ0n) is 16.8. The number of amides is 2. The summed E-state index contributed by atoms with van der Waals surface area (Å²) in [7, 11) is 0. The molecule has 0 bridgehead atoms. The van der Waals surface area contributed by atoms with Crippen LogP contribution in [0.1, 0.15) is 29.3 Å². The topological polar surface area (TPSA) is 65.5 Å². The van der Waals surface area contributed by atoms with Crippen molar-refractivity contribution < 1.29 is 22.8 Å². The molecule has 3 rings (SSSR count). The third-order valence-electron chi connectivity index (χ3n) is 4.98. The monoisotopic (exact) mass is 454 g/mol. The van der Waals surface area contributed by atoms with E-state index in [9.17, 15) is 22.8 Å². The van der Waals surface area contributed by atoms with Gasteiger partial charge in [0.2, 0.25) is 5.91 Å². The summed E-state index contributed by atoms with van der Waals surface area (Å²) < 4.78 is 38.3. The van der Waals surface area contributed by atoms with Crippen LogP contribution in [0.25, 0.3) is 0 Å². The zero-order valence-corrected chi connectivity index (χ0v) is 17.6. The van der Waals surface area contributed by atoms with Crippen LogP contribution >= 0.6 is 11.6 Å². The lowest BCUT2D eigenvalue weighted by molar-refractivity contribution is -0.138. The first-order valence-electron chi connectivity index (χ1n) is 9.76. The Morgan fingerprint density at radius 3 is 2.39 bits per heavy atom. The molecule has 2 amide bonds. The van der Waals surface area contributed by atoms with E-state index in [0.29, 0.717) is 31.7 Å². The van der Waals surface area contributed by atoms with Crippen molar-refractivity contribution >= 4 is 29.2 Å². The SMILES string of the molecule is CC(CC(=O)N1CCN(c2ncc(C(F)(F)F)cc2Cl)CC1)NC(=O)c1ccccc1. The van der Waals surface area contributed by atoms with E-state index in [4.69, 9.17) is 11.6 Å². The maximum absolute atomic E-state index is 12.8. The molecule has 1 unspecified atom stereocenters. The number of nitrogens with zero attached hydrogens (tertiary/aromatic N) is 3. The Bertz CT molecular complexity index is 932. The molecule has 31 heavy (non-hydrogen) atoms. The van der Waals surface area contributed by atoms with Crippen molar-refractivity contribution in [3.63, 3.8) is 0 Å². The van der Waals surface area contributed by atoms with Gasteiger partial charge in [0.05, 0.1) is 10.6 Å². The standard InChI is InChI=1S/C21H22ClF3N4O2/c1-14(27-20(31)15-5-3-2-4-6-15)11-18(30)28-7-9-29(10-8-28)19-17(22)12-16(13-26-19)21(23,24)25/h2-6,12-14H,7-11H2,1H3,(H,27,31). The Balaban J connectivity index is 1.51. The van der Waals surface area contributed by atoms with Gasteiger partial charge in [-0.25, -0.2) is 4.98 Å². The molecular formula is C21H22ClF3N4O2. The van der Waals surface area contributed by atoms with E-state index in [0.717, 1.165) is 12.3 Å². The summed E-state index contributed by atoms with van der Waals surface area (Å²) in [6.45, 7) is 3.33. The molecule has 6 nitrogen and oxygen atoms in total. The Kier molecular flexibility index (Phi) is 7.04. The van der Waals surface area contributed by atoms with Crippen molar-refractivity contribution in [2.75, 3.05) is 31.1 Å². The molecule has 0 saturated carbocycles. The molecule has 1 saturated heterocycles. The Morgan fingerprint density at radius 2 is 1.81 bits per heavy atom. The van der Waals surface area contributed by atoms with Crippen molar-refractivity contribution in [1.29, 1.82) is 0 Å². The first-order chi connectivity index (χ1) is 14.6. The van der Waals surface area contributed by atoms with Gasteiger partial charge >= 0.3 is 6.18 Å². The molecule has 1 fully saturated rings. The lowest BCUT2D eigenvalue weighted by Gasteiger charge is -2.36. The molecule has 10 heteroatoms. The highest BCUT2D eigenvalue weighted by atomic mass is 35.5. The molecule has 1 aliphatic rings. The summed E-state index contributed by atoms with van der Waals surface area (Å²) in [5.41, 5.74) is -0.377. The second-order valence-electron chi connectivity index (χ2n) is 7.34. The fourth-order valence-electron chi connectivity index (χ4n) is 3.32. The molecule has 1 aliphatic heterocycles. The summed E-state index contributed by atoms with van der Waals surface area (Å²) in [5, 5.41) is 2.73. The predicted octanol–water partition coefficient (Wildman–Crippen LogP) is 3.61. The van der Waals surface area contributed by atoms with Gasteiger partial charge in [-0.2, -0.15) is 13.2 Å². The number of benzene rings is 1. The third kappa shape index (κ3) is 5.88. The Morgan fingerprint density at radius 1 is 1.16 bits per heavy atom. The van der Waals surface area contributed by atoms with Crippen molar-refractivity contribution in [3.05, 3.63) is 58.7 Å². The van der Waals surface area contributed by atoms with E-state index >= 15 is 0 Å². The molecule has 166 valence electrons. The van der Waals surface area contributed by atoms with Gasteiger partial charge in [0.25, 0.3) is 5.91 Å². The molecule has 1 atom stereocenters. The molecule has 1 N–H and O–H groups in total. The summed E-state index contributed by atoms with van der Waals surface area (Å²) in [4.78, 5) is 32.1. The summed E-state index contributed by atoms with van der Waals surface area (Å²) in [6.07, 6.45) is -3.60. The van der Waals surface area contributed by atoms with E-state index in [1.165, 1.54) is 0 Å². The number of nitrogens with one attached hydrogen (secondary N) is 1. The minimum absolute atomic E-state index is 0.0770. The number of carbonyl (C=O) groups excluding carboxylic acids is 2. The highest BCUT2D eigenvalue weighted by Gasteiger charge is 2.32. The average Bonchev–Trinajstić information content (AvgIpc) is 2.73. The van der Waals surface area contributed by atoms with Crippen LogP contribution in [0.15, 0.2) is 42.6 Å². The predicted molar refractivity (Wildman–Crippen MR) is 111 cm³/mol. The molecule has 1 aromatic heterocycles. The number of piperazine rings is 1. The third-order valence-corrected chi connectivity index (χ3v) is 5.25. The van der Waals surface area contributed by atoms with Crippen LogP contribution in [0, 0.1) is 0 Å². The van der Waals surface area contributed by atoms with Crippen LogP contribution in [0.3, 0.4) is 0 Å². The van der Waals surface area contributed by atoms with E-state index < -0.39 is 11.7 Å². The van der Waals surface area contributed by atoms with Crippen molar-refractivity contribution in [2.45, 2.75) is 25.6 Å². The van der Waals surface area contributed by atoms with Gasteiger partial charge in [0.1, 0.15) is 5.82 Å². The second-order valence-corrected chi connectivity index (χ2v) is 7.75. The quantitative estimate of drug-likeness (QED) is 0.749. The molecule has 1 aromatic carbocycles. The summed E-state index contributed by atoms with van der Waals surface area (Å²) in [6, 6.07) is 9.26. The maximum Gasteiger partial charge on any atom is 0.417 e. The molecule has 2 aromatic rings. The van der Waals surface area contributed by atoms with Gasteiger partial charge in [0.15, 0.2) is 0 Å². The summed E-state index contributed by atoms with van der Waals surface area (Å²) >= 11 is 6.01. The lowest BCUT2D eigenvalue weighted by Crippen LogP contribution is -2.50. The van der Waals surface area contributed by atoms with Gasteiger partial charge in [-0.05, 0) is 25.1 Å². The van der Waals surface area contributed by atoms with Crippen LogP contribution in [-0.2, 0) is 11.0 Å². The molecule has 2 heterocycles. The first-order valence-corrected chi connectivity index (χ1v) is 10.1. The van der Waals surface area contributed by atoms with E-state index in [2.05, 4.69) is 10.3 Å². The van der Waals surface area contributed by atoms with Gasteiger partial charge in [-0.1, -0.05) is 29.8 Å². The number of anilines is 1. The van der Waals surface area contributed by atoms with Crippen LogP contribution in [-0.4, -0.2) is 53.9 Å².